The zero-order valence-electron chi connectivity index (χ0n) is 14.3. The Kier molecular flexibility index (Phi) is 4.97. The maximum Gasteiger partial charge on any atom is 0.271 e. The minimum absolute atomic E-state index is 0.0578. The Balaban J connectivity index is 1.86. The summed E-state index contributed by atoms with van der Waals surface area (Å²) in [7, 11) is 1.91. The maximum absolute atomic E-state index is 12.4. The Bertz CT molecular complexity index is 816. The van der Waals surface area contributed by atoms with Gasteiger partial charge in [0.1, 0.15) is 5.69 Å². The van der Waals surface area contributed by atoms with Crippen molar-refractivity contribution in [1.29, 1.82) is 0 Å². The van der Waals surface area contributed by atoms with Gasteiger partial charge in [-0.2, -0.15) is 0 Å². The van der Waals surface area contributed by atoms with Gasteiger partial charge in [0.05, 0.1) is 0 Å². The van der Waals surface area contributed by atoms with Crippen molar-refractivity contribution in [2.45, 2.75) is 18.9 Å². The molecular formula is C19H22N4O2. The number of nitrogens with one attached hydrogen (secondary N) is 1. The van der Waals surface area contributed by atoms with Gasteiger partial charge in [0.15, 0.2) is 0 Å². The number of likely N-dealkylation sites (N-methyl/N-ethyl adjacent to an activating group) is 1. The molecule has 0 saturated carbocycles. The van der Waals surface area contributed by atoms with Crippen molar-refractivity contribution in [3.8, 4) is 11.1 Å². The second-order valence-electron chi connectivity index (χ2n) is 6.23. The number of anilines is 1. The number of hydrogen-bond acceptors (Lipinski definition) is 4. The van der Waals surface area contributed by atoms with Crippen LogP contribution in [0.15, 0.2) is 54.2 Å². The fourth-order valence-electron chi connectivity index (χ4n) is 3.24. The molecule has 1 aliphatic heterocycles. The van der Waals surface area contributed by atoms with Crippen LogP contribution >= 0.6 is 0 Å². The number of carbonyl (C=O) groups excluding carboxylic acids is 1. The minimum Gasteiger partial charge on any atom is -0.365 e. The summed E-state index contributed by atoms with van der Waals surface area (Å²) < 4.78 is 0. The standard InChI is InChI=1S/C19H22N4O2/c1-3-18(24)23-10-4-5-16(13-23)22(2)17-11-15(12-21-19(17)25)14-6-8-20-9-7-14/h3,6-9,11-12,16H,1,4-5,10,13H2,2H3,(H,21,25). The van der Waals surface area contributed by atoms with Gasteiger partial charge in [-0.1, -0.05) is 6.58 Å². The van der Waals surface area contributed by atoms with Gasteiger partial charge in [-0.15, -0.1) is 0 Å². The zero-order chi connectivity index (χ0) is 17.8. The third kappa shape index (κ3) is 3.63. The van der Waals surface area contributed by atoms with Gasteiger partial charge >= 0.3 is 0 Å². The molecule has 0 aromatic carbocycles. The van der Waals surface area contributed by atoms with Crippen LogP contribution < -0.4 is 10.5 Å². The van der Waals surface area contributed by atoms with Crippen LogP contribution in [0.4, 0.5) is 5.69 Å². The average Bonchev–Trinajstić information content (AvgIpc) is 2.68. The summed E-state index contributed by atoms with van der Waals surface area (Å²) in [6.45, 7) is 4.89. The number of nitrogens with zero attached hydrogens (tertiary/aromatic N) is 3. The predicted octanol–water partition coefficient (Wildman–Crippen LogP) is 2.05. The summed E-state index contributed by atoms with van der Waals surface area (Å²) >= 11 is 0. The van der Waals surface area contributed by atoms with Crippen LogP contribution in [0, 0.1) is 0 Å². The molecule has 1 unspecified atom stereocenters. The molecule has 2 aromatic rings. The van der Waals surface area contributed by atoms with Crippen LogP contribution in [-0.2, 0) is 4.79 Å². The number of aromatic nitrogens is 2. The number of aromatic amines is 1. The van der Waals surface area contributed by atoms with E-state index in [0.717, 1.165) is 30.5 Å². The molecule has 0 aliphatic carbocycles. The number of carbonyl (C=O) groups is 1. The van der Waals surface area contributed by atoms with E-state index in [0.29, 0.717) is 12.2 Å². The maximum atomic E-state index is 12.4. The van der Waals surface area contributed by atoms with Gasteiger partial charge in [-0.3, -0.25) is 14.6 Å². The second kappa shape index (κ2) is 7.34. The minimum atomic E-state index is -0.132. The summed E-state index contributed by atoms with van der Waals surface area (Å²) in [5.74, 6) is -0.0578. The number of amides is 1. The van der Waals surface area contributed by atoms with Crippen molar-refractivity contribution in [2.75, 3.05) is 25.0 Å². The molecular weight excluding hydrogens is 316 g/mol. The van der Waals surface area contributed by atoms with E-state index < -0.39 is 0 Å². The van der Waals surface area contributed by atoms with E-state index in [4.69, 9.17) is 0 Å². The molecule has 3 rings (SSSR count). The van der Waals surface area contributed by atoms with Crippen LogP contribution in [0.2, 0.25) is 0 Å². The second-order valence-corrected chi connectivity index (χ2v) is 6.23. The third-order valence-corrected chi connectivity index (χ3v) is 4.71. The fourth-order valence-corrected chi connectivity index (χ4v) is 3.24. The SMILES string of the molecule is C=CC(=O)N1CCCC(N(C)c2cc(-c3ccncc3)c[nH]c2=O)C1. The highest BCUT2D eigenvalue weighted by molar-refractivity contribution is 5.87. The number of likely N-dealkylation sites (tertiary alicyclic amines) is 1. The number of pyridine rings is 2. The van der Waals surface area contributed by atoms with Crippen molar-refractivity contribution >= 4 is 11.6 Å². The average molecular weight is 338 g/mol. The Morgan fingerprint density at radius 3 is 2.88 bits per heavy atom. The molecule has 3 heterocycles. The fraction of sp³-hybridized carbons (Fsp3) is 0.316. The van der Waals surface area contributed by atoms with E-state index in [9.17, 15) is 9.59 Å². The molecule has 6 heteroatoms. The lowest BCUT2D eigenvalue weighted by atomic mass is 10.0. The molecule has 0 bridgehead atoms. The monoisotopic (exact) mass is 338 g/mol. The van der Waals surface area contributed by atoms with Crippen molar-refractivity contribution in [2.24, 2.45) is 0 Å². The molecule has 0 spiro atoms. The van der Waals surface area contributed by atoms with Crippen molar-refractivity contribution in [3.63, 3.8) is 0 Å². The molecule has 25 heavy (non-hydrogen) atoms. The van der Waals surface area contributed by atoms with E-state index in [1.54, 1.807) is 23.5 Å². The number of rotatable bonds is 4. The molecule has 1 atom stereocenters. The molecule has 0 radical (unpaired) electrons. The van der Waals surface area contributed by atoms with E-state index >= 15 is 0 Å². The first kappa shape index (κ1) is 17.0. The topological polar surface area (TPSA) is 69.3 Å². The van der Waals surface area contributed by atoms with Gasteiger partial charge in [0, 0.05) is 50.3 Å². The van der Waals surface area contributed by atoms with Crippen molar-refractivity contribution in [3.05, 3.63) is 59.8 Å². The molecule has 130 valence electrons. The normalized spacial score (nSPS) is 17.2. The van der Waals surface area contributed by atoms with Crippen LogP contribution in [0.1, 0.15) is 12.8 Å². The van der Waals surface area contributed by atoms with E-state index in [-0.39, 0.29) is 17.5 Å². The number of hydrogen-bond donors (Lipinski definition) is 1. The van der Waals surface area contributed by atoms with Crippen LogP contribution in [0.5, 0.6) is 0 Å². The summed E-state index contributed by atoms with van der Waals surface area (Å²) in [5, 5.41) is 0. The summed E-state index contributed by atoms with van der Waals surface area (Å²) in [5.41, 5.74) is 2.39. The molecule has 2 aromatic heterocycles. The van der Waals surface area contributed by atoms with Gasteiger partial charge in [-0.25, -0.2) is 0 Å². The predicted molar refractivity (Wildman–Crippen MR) is 98.5 cm³/mol. The summed E-state index contributed by atoms with van der Waals surface area (Å²) in [6, 6.07) is 5.81. The molecule has 1 N–H and O–H groups in total. The van der Waals surface area contributed by atoms with Gasteiger partial charge < -0.3 is 14.8 Å². The highest BCUT2D eigenvalue weighted by atomic mass is 16.2. The summed E-state index contributed by atoms with van der Waals surface area (Å²) in [4.78, 5) is 34.9. The van der Waals surface area contributed by atoms with Crippen molar-refractivity contribution < 1.29 is 4.79 Å². The first-order valence-electron chi connectivity index (χ1n) is 8.37. The molecule has 1 aliphatic rings. The highest BCUT2D eigenvalue weighted by Gasteiger charge is 2.26. The smallest absolute Gasteiger partial charge is 0.271 e. The molecule has 6 nitrogen and oxygen atoms in total. The lowest BCUT2D eigenvalue weighted by Gasteiger charge is -2.38. The van der Waals surface area contributed by atoms with E-state index in [2.05, 4.69) is 16.5 Å². The quantitative estimate of drug-likeness (QED) is 0.866. The van der Waals surface area contributed by atoms with Gasteiger partial charge in [0.2, 0.25) is 5.91 Å². The van der Waals surface area contributed by atoms with Gasteiger partial charge in [-0.05, 0) is 42.7 Å². The van der Waals surface area contributed by atoms with Crippen LogP contribution in [0.3, 0.4) is 0 Å². The highest BCUT2D eigenvalue weighted by Crippen LogP contribution is 2.23. The molecule has 1 fully saturated rings. The first-order chi connectivity index (χ1) is 12.1. The Hall–Kier alpha value is -2.89. The largest absolute Gasteiger partial charge is 0.365 e. The van der Waals surface area contributed by atoms with Crippen LogP contribution in [0.25, 0.3) is 11.1 Å². The van der Waals surface area contributed by atoms with Crippen LogP contribution in [-0.4, -0.2) is 47.0 Å². The van der Waals surface area contributed by atoms with Crippen molar-refractivity contribution in [1.82, 2.24) is 14.9 Å². The number of piperidine rings is 1. The third-order valence-electron chi connectivity index (χ3n) is 4.71. The van der Waals surface area contributed by atoms with Gasteiger partial charge in [0.25, 0.3) is 5.56 Å². The Labute approximate surface area is 146 Å². The first-order valence-corrected chi connectivity index (χ1v) is 8.37. The van der Waals surface area contributed by atoms with E-state index in [1.165, 1.54) is 6.08 Å². The number of H-pyrrole nitrogens is 1. The Morgan fingerprint density at radius 2 is 2.16 bits per heavy atom. The van der Waals surface area contributed by atoms with E-state index in [1.807, 2.05) is 30.1 Å². The zero-order valence-corrected chi connectivity index (χ0v) is 14.3. The lowest BCUT2D eigenvalue weighted by molar-refractivity contribution is -0.127. The lowest BCUT2D eigenvalue weighted by Crippen LogP contribution is -2.49. The molecule has 1 amide bonds. The molecule has 1 saturated heterocycles. The Morgan fingerprint density at radius 1 is 1.40 bits per heavy atom. The summed E-state index contributed by atoms with van der Waals surface area (Å²) in [6.07, 6.45) is 8.36.